The van der Waals surface area contributed by atoms with Crippen molar-refractivity contribution in [1.82, 2.24) is 15.5 Å². The second kappa shape index (κ2) is 4.45. The largest absolute Gasteiger partial charge is 0.419 e. The molecule has 0 aliphatic rings. The van der Waals surface area contributed by atoms with Crippen LogP contribution in [-0.2, 0) is 6.54 Å². The molecule has 16 heavy (non-hydrogen) atoms. The lowest BCUT2D eigenvalue weighted by Gasteiger charge is -2.01. The molecule has 2 rings (SSSR count). The molecule has 1 N–H and O–H groups in total. The predicted octanol–water partition coefficient (Wildman–Crippen LogP) is 2.07. The molecule has 0 saturated heterocycles. The third kappa shape index (κ3) is 2.12. The van der Waals surface area contributed by atoms with Gasteiger partial charge in [0.2, 0.25) is 11.8 Å². The molecule has 84 valence electrons. The molecule has 1 aromatic heterocycles. The highest BCUT2D eigenvalue weighted by Crippen LogP contribution is 2.22. The summed E-state index contributed by atoms with van der Waals surface area (Å²) in [5.74, 6) is 1.19. The smallest absolute Gasteiger partial charge is 0.248 e. The van der Waals surface area contributed by atoms with Gasteiger partial charge in [-0.3, -0.25) is 0 Å². The maximum absolute atomic E-state index is 5.55. The minimum Gasteiger partial charge on any atom is -0.419 e. The Labute approximate surface area is 94.7 Å². The van der Waals surface area contributed by atoms with E-state index in [-0.39, 0.29) is 0 Å². The fraction of sp³-hybridized carbons (Fsp3) is 0.333. The molecule has 0 radical (unpaired) electrons. The van der Waals surface area contributed by atoms with Gasteiger partial charge in [0.25, 0.3) is 0 Å². The minimum atomic E-state index is 0.586. The average molecular weight is 217 g/mol. The minimum absolute atomic E-state index is 0.586. The van der Waals surface area contributed by atoms with E-state index in [4.69, 9.17) is 4.42 Å². The van der Waals surface area contributed by atoms with Crippen LogP contribution in [0.2, 0.25) is 0 Å². The van der Waals surface area contributed by atoms with Crippen molar-refractivity contribution in [1.29, 1.82) is 0 Å². The zero-order chi connectivity index (χ0) is 11.5. The number of rotatable bonds is 3. The molecule has 0 aliphatic heterocycles. The van der Waals surface area contributed by atoms with Crippen molar-refractivity contribution in [3.63, 3.8) is 0 Å². The van der Waals surface area contributed by atoms with Gasteiger partial charge in [-0.15, -0.1) is 10.2 Å². The van der Waals surface area contributed by atoms with E-state index >= 15 is 0 Å². The first-order valence-corrected chi connectivity index (χ1v) is 5.25. The van der Waals surface area contributed by atoms with Gasteiger partial charge in [0.15, 0.2) is 0 Å². The number of benzene rings is 1. The van der Waals surface area contributed by atoms with E-state index in [9.17, 15) is 0 Å². The number of nitrogens with one attached hydrogen (secondary N) is 1. The fourth-order valence-corrected chi connectivity index (χ4v) is 1.64. The van der Waals surface area contributed by atoms with E-state index in [0.717, 1.165) is 11.1 Å². The molecule has 4 nitrogen and oxygen atoms in total. The lowest BCUT2D eigenvalue weighted by atomic mass is 10.1. The van der Waals surface area contributed by atoms with Crippen LogP contribution in [0.15, 0.2) is 22.6 Å². The van der Waals surface area contributed by atoms with Crippen molar-refractivity contribution in [3.05, 3.63) is 35.2 Å². The van der Waals surface area contributed by atoms with Crippen LogP contribution in [0, 0.1) is 13.8 Å². The van der Waals surface area contributed by atoms with Crippen LogP contribution in [0.3, 0.4) is 0 Å². The van der Waals surface area contributed by atoms with Crippen LogP contribution < -0.4 is 5.32 Å². The van der Waals surface area contributed by atoms with Crippen molar-refractivity contribution in [2.45, 2.75) is 20.4 Å². The quantitative estimate of drug-likeness (QED) is 0.855. The summed E-state index contributed by atoms with van der Waals surface area (Å²) in [4.78, 5) is 0. The molecule has 1 aromatic carbocycles. The topological polar surface area (TPSA) is 51.0 Å². The molecule has 0 amide bonds. The van der Waals surface area contributed by atoms with Crippen molar-refractivity contribution in [2.75, 3.05) is 7.05 Å². The number of hydrogen-bond donors (Lipinski definition) is 1. The third-order valence-corrected chi connectivity index (χ3v) is 2.41. The van der Waals surface area contributed by atoms with Gasteiger partial charge in [-0.2, -0.15) is 0 Å². The van der Waals surface area contributed by atoms with Crippen LogP contribution in [0.1, 0.15) is 17.0 Å². The Kier molecular flexibility index (Phi) is 3.01. The zero-order valence-corrected chi connectivity index (χ0v) is 9.74. The molecule has 0 saturated carbocycles. The Hall–Kier alpha value is -1.68. The third-order valence-electron chi connectivity index (χ3n) is 2.41. The molecule has 0 atom stereocenters. The Morgan fingerprint density at radius 2 is 2.06 bits per heavy atom. The summed E-state index contributed by atoms with van der Waals surface area (Å²) in [6.45, 7) is 4.71. The van der Waals surface area contributed by atoms with Crippen LogP contribution in [-0.4, -0.2) is 17.2 Å². The maximum Gasteiger partial charge on any atom is 0.248 e. The summed E-state index contributed by atoms with van der Waals surface area (Å²) in [7, 11) is 1.85. The van der Waals surface area contributed by atoms with Crippen LogP contribution in [0.4, 0.5) is 0 Å². The number of hydrogen-bond acceptors (Lipinski definition) is 4. The van der Waals surface area contributed by atoms with Gasteiger partial charge >= 0.3 is 0 Å². The number of nitrogens with zero attached hydrogens (tertiary/aromatic N) is 2. The summed E-state index contributed by atoms with van der Waals surface area (Å²) >= 11 is 0. The molecule has 0 aliphatic carbocycles. The summed E-state index contributed by atoms with van der Waals surface area (Å²) < 4.78 is 5.55. The molecule has 1 heterocycles. The first-order valence-electron chi connectivity index (χ1n) is 5.25. The number of aromatic nitrogens is 2. The highest BCUT2D eigenvalue weighted by atomic mass is 16.4. The van der Waals surface area contributed by atoms with Gasteiger partial charge in [0, 0.05) is 5.56 Å². The Balaban J connectivity index is 2.35. The van der Waals surface area contributed by atoms with Crippen LogP contribution in [0.5, 0.6) is 0 Å². The Bertz CT molecular complexity index is 491. The zero-order valence-electron chi connectivity index (χ0n) is 9.74. The van der Waals surface area contributed by atoms with Gasteiger partial charge in [0.1, 0.15) is 0 Å². The lowest BCUT2D eigenvalue weighted by molar-refractivity contribution is 0.490. The van der Waals surface area contributed by atoms with E-state index < -0.39 is 0 Å². The maximum atomic E-state index is 5.55. The fourth-order valence-electron chi connectivity index (χ4n) is 1.64. The van der Waals surface area contributed by atoms with Crippen molar-refractivity contribution in [2.24, 2.45) is 0 Å². The van der Waals surface area contributed by atoms with E-state index in [1.165, 1.54) is 5.56 Å². The van der Waals surface area contributed by atoms with Gasteiger partial charge in [-0.25, -0.2) is 0 Å². The second-order valence-electron chi connectivity index (χ2n) is 3.85. The summed E-state index contributed by atoms with van der Waals surface area (Å²) in [5, 5.41) is 11.0. The predicted molar refractivity (Wildman–Crippen MR) is 62.0 cm³/mol. The van der Waals surface area contributed by atoms with Crippen molar-refractivity contribution in [3.8, 4) is 11.5 Å². The summed E-state index contributed by atoms with van der Waals surface area (Å²) in [6, 6.07) is 6.17. The van der Waals surface area contributed by atoms with Crippen LogP contribution >= 0.6 is 0 Å². The van der Waals surface area contributed by atoms with Crippen molar-refractivity contribution < 1.29 is 4.42 Å². The van der Waals surface area contributed by atoms with Gasteiger partial charge < -0.3 is 9.73 Å². The second-order valence-corrected chi connectivity index (χ2v) is 3.85. The van der Waals surface area contributed by atoms with E-state index in [1.54, 1.807) is 0 Å². The van der Waals surface area contributed by atoms with Crippen LogP contribution in [0.25, 0.3) is 11.5 Å². The molecule has 4 heteroatoms. The normalized spacial score (nSPS) is 10.7. The highest BCUT2D eigenvalue weighted by Gasteiger charge is 2.09. The van der Waals surface area contributed by atoms with Gasteiger partial charge in [-0.1, -0.05) is 17.7 Å². The molecule has 0 bridgehead atoms. The van der Waals surface area contributed by atoms with E-state index in [2.05, 4.69) is 28.5 Å². The monoisotopic (exact) mass is 217 g/mol. The van der Waals surface area contributed by atoms with Crippen molar-refractivity contribution >= 4 is 0 Å². The summed E-state index contributed by atoms with van der Waals surface area (Å²) in [6.07, 6.45) is 0. The van der Waals surface area contributed by atoms with Gasteiger partial charge in [0.05, 0.1) is 6.54 Å². The molecular weight excluding hydrogens is 202 g/mol. The molecular formula is C12H15N3O. The number of aryl methyl sites for hydroxylation is 2. The lowest BCUT2D eigenvalue weighted by Crippen LogP contribution is -2.04. The first-order chi connectivity index (χ1) is 7.70. The average Bonchev–Trinajstić information content (AvgIpc) is 2.67. The Morgan fingerprint density at radius 1 is 1.25 bits per heavy atom. The van der Waals surface area contributed by atoms with E-state index in [0.29, 0.717) is 18.3 Å². The Morgan fingerprint density at radius 3 is 2.75 bits per heavy atom. The highest BCUT2D eigenvalue weighted by molar-refractivity contribution is 5.58. The van der Waals surface area contributed by atoms with Gasteiger partial charge in [-0.05, 0) is 32.5 Å². The standard InChI is InChI=1S/C12H15N3O/c1-8-4-5-10(9(2)6-8)12-15-14-11(16-12)7-13-3/h4-6,13H,7H2,1-3H3. The molecule has 0 fully saturated rings. The summed E-state index contributed by atoms with van der Waals surface area (Å²) in [5.41, 5.74) is 3.39. The SMILES string of the molecule is CNCc1nnc(-c2ccc(C)cc2C)o1. The molecule has 0 spiro atoms. The molecule has 2 aromatic rings. The van der Waals surface area contributed by atoms with E-state index in [1.807, 2.05) is 26.1 Å². The molecule has 0 unspecified atom stereocenters. The first kappa shape index (κ1) is 10.8.